The molecule has 0 amide bonds. The van der Waals surface area contributed by atoms with E-state index in [2.05, 4.69) is 0 Å². The summed E-state index contributed by atoms with van der Waals surface area (Å²) in [5.41, 5.74) is -0.647. The second kappa shape index (κ2) is 2.70. The number of hydrogen-bond donors (Lipinski definition) is 1. The molecule has 1 fully saturated rings. The molecule has 0 aromatic rings. The van der Waals surface area contributed by atoms with Crippen LogP contribution in [0, 0.1) is 0 Å². The fourth-order valence-electron chi connectivity index (χ4n) is 1.05. The lowest BCUT2D eigenvalue weighted by atomic mass is 9.97. The maximum Gasteiger partial charge on any atom is 0.509 e. The van der Waals surface area contributed by atoms with E-state index >= 15 is 0 Å². The van der Waals surface area contributed by atoms with Crippen molar-refractivity contribution in [1.29, 1.82) is 0 Å². The van der Waals surface area contributed by atoms with E-state index in [9.17, 15) is 4.79 Å². The van der Waals surface area contributed by atoms with Gasteiger partial charge in [0.2, 0.25) is 0 Å². The Balaban J connectivity index is 2.71. The van der Waals surface area contributed by atoms with Gasteiger partial charge in [0.25, 0.3) is 0 Å². The monoisotopic (exact) mass is 160 g/mol. The standard InChI is InChI=1S/C7H12O4/c1-3-7(2)5(4-8)10-6(9)11-7/h5,8H,3-4H2,1-2H3. The number of hydrogen-bond acceptors (Lipinski definition) is 4. The molecule has 1 aliphatic rings. The Labute approximate surface area is 65.1 Å². The van der Waals surface area contributed by atoms with Crippen LogP contribution < -0.4 is 0 Å². The summed E-state index contributed by atoms with van der Waals surface area (Å²) in [4.78, 5) is 10.6. The number of carbonyl (C=O) groups excluding carboxylic acids is 1. The molecule has 0 radical (unpaired) electrons. The van der Waals surface area contributed by atoms with E-state index in [1.54, 1.807) is 6.92 Å². The van der Waals surface area contributed by atoms with Crippen molar-refractivity contribution in [3.63, 3.8) is 0 Å². The lowest BCUT2D eigenvalue weighted by Crippen LogP contribution is -2.38. The molecule has 4 nitrogen and oxygen atoms in total. The molecular weight excluding hydrogens is 148 g/mol. The Morgan fingerprint density at radius 3 is 2.73 bits per heavy atom. The molecule has 1 aliphatic heterocycles. The number of aliphatic hydroxyl groups is 1. The molecule has 0 aromatic heterocycles. The summed E-state index contributed by atoms with van der Waals surface area (Å²) in [5.74, 6) is 0. The molecule has 2 unspecified atom stereocenters. The SMILES string of the molecule is CCC1(C)OC(=O)OC1CO. The van der Waals surface area contributed by atoms with E-state index in [4.69, 9.17) is 14.6 Å². The predicted octanol–water partition coefficient (Wildman–Crippen LogP) is 0.683. The quantitative estimate of drug-likeness (QED) is 0.603. The number of ether oxygens (including phenoxy) is 2. The van der Waals surface area contributed by atoms with E-state index in [-0.39, 0.29) is 6.61 Å². The Kier molecular flexibility index (Phi) is 2.04. The molecule has 11 heavy (non-hydrogen) atoms. The van der Waals surface area contributed by atoms with Crippen LogP contribution in [0.5, 0.6) is 0 Å². The maximum absolute atomic E-state index is 10.6. The topological polar surface area (TPSA) is 55.8 Å². The molecule has 64 valence electrons. The van der Waals surface area contributed by atoms with Crippen molar-refractivity contribution in [2.24, 2.45) is 0 Å². The second-order valence-electron chi connectivity index (χ2n) is 2.81. The van der Waals surface area contributed by atoms with Crippen molar-refractivity contribution in [3.05, 3.63) is 0 Å². The third kappa shape index (κ3) is 1.30. The van der Waals surface area contributed by atoms with Crippen LogP contribution in [0.15, 0.2) is 0 Å². The van der Waals surface area contributed by atoms with Gasteiger partial charge < -0.3 is 14.6 Å². The van der Waals surface area contributed by atoms with Gasteiger partial charge in [-0.15, -0.1) is 0 Å². The highest BCUT2D eigenvalue weighted by Gasteiger charge is 2.45. The minimum absolute atomic E-state index is 0.184. The van der Waals surface area contributed by atoms with E-state index in [0.717, 1.165) is 0 Å². The van der Waals surface area contributed by atoms with Gasteiger partial charge >= 0.3 is 6.16 Å². The molecule has 2 atom stereocenters. The largest absolute Gasteiger partial charge is 0.509 e. The highest BCUT2D eigenvalue weighted by molar-refractivity contribution is 5.63. The van der Waals surface area contributed by atoms with Gasteiger partial charge in [-0.05, 0) is 13.3 Å². The van der Waals surface area contributed by atoms with Crippen molar-refractivity contribution in [2.45, 2.75) is 32.0 Å². The van der Waals surface area contributed by atoms with E-state index < -0.39 is 17.9 Å². The van der Waals surface area contributed by atoms with Crippen molar-refractivity contribution in [3.8, 4) is 0 Å². The van der Waals surface area contributed by atoms with Gasteiger partial charge in [-0.2, -0.15) is 0 Å². The van der Waals surface area contributed by atoms with Gasteiger partial charge in [0.1, 0.15) is 0 Å². The minimum Gasteiger partial charge on any atom is -0.424 e. The molecule has 0 aliphatic carbocycles. The number of cyclic esters (lactones) is 2. The molecule has 1 N–H and O–H groups in total. The summed E-state index contributed by atoms with van der Waals surface area (Å²) >= 11 is 0. The van der Waals surface area contributed by atoms with Crippen LogP contribution in [0.4, 0.5) is 4.79 Å². The minimum atomic E-state index is -0.687. The summed E-state index contributed by atoms with van der Waals surface area (Å²) in [7, 11) is 0. The molecule has 0 bridgehead atoms. The smallest absolute Gasteiger partial charge is 0.424 e. The molecule has 1 heterocycles. The van der Waals surface area contributed by atoms with Crippen LogP contribution in [-0.4, -0.2) is 29.6 Å². The van der Waals surface area contributed by atoms with Crippen LogP contribution in [0.2, 0.25) is 0 Å². The van der Waals surface area contributed by atoms with Gasteiger partial charge in [-0.3, -0.25) is 0 Å². The maximum atomic E-state index is 10.6. The summed E-state index contributed by atoms with van der Waals surface area (Å²) in [6, 6.07) is 0. The highest BCUT2D eigenvalue weighted by Crippen LogP contribution is 2.29. The zero-order valence-corrected chi connectivity index (χ0v) is 6.66. The molecule has 1 rings (SSSR count). The van der Waals surface area contributed by atoms with E-state index in [0.29, 0.717) is 6.42 Å². The van der Waals surface area contributed by atoms with Gasteiger partial charge in [0.05, 0.1) is 6.61 Å². The Morgan fingerprint density at radius 2 is 2.36 bits per heavy atom. The molecule has 0 aromatic carbocycles. The molecular formula is C7H12O4. The van der Waals surface area contributed by atoms with Crippen LogP contribution in [-0.2, 0) is 9.47 Å². The van der Waals surface area contributed by atoms with Crippen molar-refractivity contribution in [1.82, 2.24) is 0 Å². The fraction of sp³-hybridized carbons (Fsp3) is 0.857. The van der Waals surface area contributed by atoms with Crippen molar-refractivity contribution in [2.75, 3.05) is 6.61 Å². The summed E-state index contributed by atoms with van der Waals surface area (Å²) in [5, 5.41) is 8.79. The summed E-state index contributed by atoms with van der Waals surface area (Å²) in [6.45, 7) is 3.44. The molecule has 0 spiro atoms. The highest BCUT2D eigenvalue weighted by atomic mass is 16.8. The Morgan fingerprint density at radius 1 is 1.73 bits per heavy atom. The first-order valence-electron chi connectivity index (χ1n) is 3.63. The van der Waals surface area contributed by atoms with Gasteiger partial charge in [0, 0.05) is 0 Å². The predicted molar refractivity (Wildman–Crippen MR) is 37.1 cm³/mol. The number of aliphatic hydroxyl groups excluding tert-OH is 1. The first-order valence-corrected chi connectivity index (χ1v) is 3.63. The Hall–Kier alpha value is -0.770. The zero-order chi connectivity index (χ0) is 8.48. The zero-order valence-electron chi connectivity index (χ0n) is 6.66. The summed E-state index contributed by atoms with van der Waals surface area (Å²) in [6.07, 6.45) is -0.558. The number of rotatable bonds is 2. The first kappa shape index (κ1) is 8.33. The number of carbonyl (C=O) groups is 1. The summed E-state index contributed by atoms with van der Waals surface area (Å²) < 4.78 is 9.59. The van der Waals surface area contributed by atoms with E-state index in [1.165, 1.54) is 0 Å². The van der Waals surface area contributed by atoms with E-state index in [1.807, 2.05) is 6.92 Å². The van der Waals surface area contributed by atoms with Crippen LogP contribution >= 0.6 is 0 Å². The van der Waals surface area contributed by atoms with Gasteiger partial charge in [0.15, 0.2) is 11.7 Å². The van der Waals surface area contributed by atoms with Crippen LogP contribution in [0.3, 0.4) is 0 Å². The third-order valence-electron chi connectivity index (χ3n) is 2.10. The van der Waals surface area contributed by atoms with Crippen molar-refractivity contribution < 1.29 is 19.4 Å². The van der Waals surface area contributed by atoms with Gasteiger partial charge in [-0.25, -0.2) is 4.79 Å². The van der Waals surface area contributed by atoms with Crippen LogP contribution in [0.1, 0.15) is 20.3 Å². The van der Waals surface area contributed by atoms with Crippen LogP contribution in [0.25, 0.3) is 0 Å². The fourth-order valence-corrected chi connectivity index (χ4v) is 1.05. The first-order chi connectivity index (χ1) is 5.12. The Bertz CT molecular complexity index is 168. The lowest BCUT2D eigenvalue weighted by molar-refractivity contribution is 0.0149. The third-order valence-corrected chi connectivity index (χ3v) is 2.10. The average Bonchev–Trinajstić information content (AvgIpc) is 2.27. The average molecular weight is 160 g/mol. The van der Waals surface area contributed by atoms with Gasteiger partial charge in [-0.1, -0.05) is 6.92 Å². The second-order valence-corrected chi connectivity index (χ2v) is 2.81. The molecule has 0 saturated carbocycles. The normalized spacial score (nSPS) is 36.6. The lowest BCUT2D eigenvalue weighted by Gasteiger charge is -2.22. The molecule has 4 heteroatoms. The molecule has 1 saturated heterocycles. The van der Waals surface area contributed by atoms with Crippen molar-refractivity contribution >= 4 is 6.16 Å².